The molecule has 0 saturated carbocycles. The van der Waals surface area contributed by atoms with E-state index in [0.717, 1.165) is 24.4 Å². The minimum absolute atomic E-state index is 0.112. The Balaban J connectivity index is 1.63. The smallest absolute Gasteiger partial charge is 0.226 e. The first-order chi connectivity index (χ1) is 9.74. The minimum Gasteiger partial charge on any atom is -0.381 e. The fourth-order valence-electron chi connectivity index (χ4n) is 2.81. The number of hydrogen-bond donors (Lipinski definition) is 1. The fraction of sp³-hybridized carbons (Fsp3) is 0.714. The first kappa shape index (κ1) is 13.6. The van der Waals surface area contributed by atoms with Crippen LogP contribution in [0.3, 0.4) is 0 Å². The monoisotopic (exact) mass is 279 g/mol. The van der Waals surface area contributed by atoms with Crippen molar-refractivity contribution in [3.8, 4) is 0 Å². The maximum atomic E-state index is 12.5. The number of H-pyrrole nitrogens is 1. The molecule has 1 atom stereocenters. The van der Waals surface area contributed by atoms with Crippen molar-refractivity contribution in [1.82, 2.24) is 14.9 Å². The van der Waals surface area contributed by atoms with E-state index in [9.17, 15) is 4.79 Å². The third-order valence-electron chi connectivity index (χ3n) is 3.98. The maximum absolute atomic E-state index is 12.5. The van der Waals surface area contributed by atoms with Gasteiger partial charge in [-0.25, -0.2) is 4.98 Å². The molecule has 0 spiro atoms. The van der Waals surface area contributed by atoms with E-state index in [2.05, 4.69) is 9.97 Å². The van der Waals surface area contributed by atoms with E-state index in [0.29, 0.717) is 32.9 Å². The molecule has 2 aliphatic rings. The van der Waals surface area contributed by atoms with Gasteiger partial charge in [-0.05, 0) is 19.8 Å². The number of hydrogen-bond acceptors (Lipinski definition) is 4. The summed E-state index contributed by atoms with van der Waals surface area (Å²) in [4.78, 5) is 21.9. The van der Waals surface area contributed by atoms with Gasteiger partial charge in [0, 0.05) is 37.6 Å². The molecule has 2 saturated heterocycles. The van der Waals surface area contributed by atoms with Crippen LogP contribution in [0.4, 0.5) is 0 Å². The fourth-order valence-corrected chi connectivity index (χ4v) is 2.81. The second-order valence-corrected chi connectivity index (χ2v) is 5.48. The number of aromatic amines is 1. The Bertz CT molecular complexity index is 468. The van der Waals surface area contributed by atoms with Crippen LogP contribution in [0, 0.1) is 12.8 Å². The average molecular weight is 279 g/mol. The third kappa shape index (κ3) is 2.86. The second-order valence-electron chi connectivity index (χ2n) is 5.48. The molecule has 1 amide bonds. The van der Waals surface area contributed by atoms with Crippen LogP contribution in [-0.4, -0.2) is 53.7 Å². The van der Waals surface area contributed by atoms with Crippen LogP contribution in [0.1, 0.15) is 30.5 Å². The molecule has 110 valence electrons. The number of morpholine rings is 1. The molecule has 6 nitrogen and oxygen atoms in total. The van der Waals surface area contributed by atoms with Gasteiger partial charge in [0.1, 0.15) is 11.9 Å². The molecule has 6 heteroatoms. The van der Waals surface area contributed by atoms with E-state index in [1.807, 2.05) is 11.8 Å². The summed E-state index contributed by atoms with van der Waals surface area (Å²) in [5.74, 6) is 1.16. The van der Waals surface area contributed by atoms with Crippen LogP contribution in [0.2, 0.25) is 0 Å². The van der Waals surface area contributed by atoms with Crippen LogP contribution in [0.15, 0.2) is 6.20 Å². The number of carbonyl (C=O) groups excluding carboxylic acids is 1. The van der Waals surface area contributed by atoms with Gasteiger partial charge >= 0.3 is 0 Å². The molecule has 0 radical (unpaired) electrons. The van der Waals surface area contributed by atoms with E-state index in [4.69, 9.17) is 9.47 Å². The summed E-state index contributed by atoms with van der Waals surface area (Å²) in [6.45, 7) is 5.18. The highest BCUT2D eigenvalue weighted by Crippen LogP contribution is 2.24. The average Bonchev–Trinajstić information content (AvgIpc) is 2.94. The largest absolute Gasteiger partial charge is 0.381 e. The van der Waals surface area contributed by atoms with Crippen LogP contribution >= 0.6 is 0 Å². The zero-order chi connectivity index (χ0) is 13.9. The summed E-state index contributed by atoms with van der Waals surface area (Å²) in [7, 11) is 0. The minimum atomic E-state index is -0.138. The van der Waals surface area contributed by atoms with E-state index >= 15 is 0 Å². The van der Waals surface area contributed by atoms with Crippen molar-refractivity contribution in [1.29, 1.82) is 0 Å². The number of aromatic nitrogens is 2. The molecular formula is C14H21N3O3. The highest BCUT2D eigenvalue weighted by molar-refractivity contribution is 5.79. The molecule has 2 aliphatic heterocycles. The lowest BCUT2D eigenvalue weighted by atomic mass is 9.98. The predicted octanol–water partition coefficient (Wildman–Crippen LogP) is 1.04. The Hall–Kier alpha value is -1.40. The van der Waals surface area contributed by atoms with Crippen molar-refractivity contribution in [2.45, 2.75) is 25.9 Å². The van der Waals surface area contributed by atoms with Gasteiger partial charge < -0.3 is 19.4 Å². The molecule has 0 aromatic carbocycles. The Morgan fingerprint density at radius 2 is 2.20 bits per heavy atom. The molecule has 3 rings (SSSR count). The van der Waals surface area contributed by atoms with Gasteiger partial charge in [0.2, 0.25) is 5.91 Å². The van der Waals surface area contributed by atoms with Crippen LogP contribution < -0.4 is 0 Å². The van der Waals surface area contributed by atoms with Crippen LogP contribution in [-0.2, 0) is 14.3 Å². The standard InChI is InChI=1S/C14H21N3O3/c1-10-8-15-13(16-10)12-9-17(4-7-20-12)14(18)11-2-5-19-6-3-11/h8,11-12H,2-7,9H2,1H3,(H,15,16)/t12-/m1/s1. The Morgan fingerprint density at radius 3 is 2.90 bits per heavy atom. The Kier molecular flexibility index (Phi) is 4.03. The summed E-state index contributed by atoms with van der Waals surface area (Å²) < 4.78 is 11.1. The number of nitrogens with zero attached hydrogens (tertiary/aromatic N) is 2. The zero-order valence-corrected chi connectivity index (χ0v) is 11.8. The zero-order valence-electron chi connectivity index (χ0n) is 11.8. The quantitative estimate of drug-likeness (QED) is 0.878. The van der Waals surface area contributed by atoms with Crippen LogP contribution in [0.5, 0.6) is 0 Å². The Morgan fingerprint density at radius 1 is 1.40 bits per heavy atom. The third-order valence-corrected chi connectivity index (χ3v) is 3.98. The number of carbonyl (C=O) groups is 1. The van der Waals surface area contributed by atoms with Crippen molar-refractivity contribution < 1.29 is 14.3 Å². The van der Waals surface area contributed by atoms with Crippen molar-refractivity contribution in [2.24, 2.45) is 5.92 Å². The molecule has 20 heavy (non-hydrogen) atoms. The normalized spacial score (nSPS) is 24.9. The Labute approximate surface area is 118 Å². The number of imidazole rings is 1. The first-order valence-corrected chi connectivity index (χ1v) is 7.23. The lowest BCUT2D eigenvalue weighted by Gasteiger charge is -2.35. The lowest BCUT2D eigenvalue weighted by molar-refractivity contribution is -0.146. The molecule has 0 unspecified atom stereocenters. The highest BCUT2D eigenvalue weighted by Gasteiger charge is 2.31. The SMILES string of the molecule is Cc1cnc([C@H]2CN(C(=O)C3CCOCC3)CCO2)[nH]1. The topological polar surface area (TPSA) is 67.5 Å². The summed E-state index contributed by atoms with van der Waals surface area (Å²) in [6.07, 6.45) is 3.32. The predicted molar refractivity (Wildman–Crippen MR) is 72.1 cm³/mol. The van der Waals surface area contributed by atoms with Crippen molar-refractivity contribution in [2.75, 3.05) is 32.9 Å². The van der Waals surface area contributed by atoms with Gasteiger partial charge in [0.15, 0.2) is 0 Å². The van der Waals surface area contributed by atoms with E-state index in [-0.39, 0.29) is 17.9 Å². The lowest BCUT2D eigenvalue weighted by Crippen LogP contribution is -2.46. The first-order valence-electron chi connectivity index (χ1n) is 7.23. The van der Waals surface area contributed by atoms with Gasteiger partial charge in [-0.3, -0.25) is 4.79 Å². The highest BCUT2D eigenvalue weighted by atomic mass is 16.5. The van der Waals surface area contributed by atoms with Crippen molar-refractivity contribution >= 4 is 5.91 Å². The summed E-state index contributed by atoms with van der Waals surface area (Å²) >= 11 is 0. The van der Waals surface area contributed by atoms with Crippen LogP contribution in [0.25, 0.3) is 0 Å². The maximum Gasteiger partial charge on any atom is 0.226 e. The van der Waals surface area contributed by atoms with Gasteiger partial charge in [-0.2, -0.15) is 0 Å². The molecule has 0 aliphatic carbocycles. The van der Waals surface area contributed by atoms with Gasteiger partial charge in [0.05, 0.1) is 13.2 Å². The number of nitrogens with one attached hydrogen (secondary N) is 1. The molecule has 3 heterocycles. The summed E-state index contributed by atoms with van der Waals surface area (Å²) in [6, 6.07) is 0. The number of amides is 1. The van der Waals surface area contributed by atoms with E-state index in [1.54, 1.807) is 6.20 Å². The number of aryl methyl sites for hydroxylation is 1. The van der Waals surface area contributed by atoms with E-state index in [1.165, 1.54) is 0 Å². The molecule has 1 N–H and O–H groups in total. The second kappa shape index (κ2) is 5.93. The van der Waals surface area contributed by atoms with Crippen molar-refractivity contribution in [3.63, 3.8) is 0 Å². The number of rotatable bonds is 2. The molecule has 2 fully saturated rings. The number of ether oxygens (including phenoxy) is 2. The summed E-state index contributed by atoms with van der Waals surface area (Å²) in [5.41, 5.74) is 1.01. The van der Waals surface area contributed by atoms with Crippen molar-refractivity contribution in [3.05, 3.63) is 17.7 Å². The molecule has 1 aromatic heterocycles. The molecule has 1 aromatic rings. The van der Waals surface area contributed by atoms with Gasteiger partial charge in [0.25, 0.3) is 0 Å². The van der Waals surface area contributed by atoms with E-state index < -0.39 is 0 Å². The molecule has 0 bridgehead atoms. The van der Waals surface area contributed by atoms with Gasteiger partial charge in [-0.15, -0.1) is 0 Å². The van der Waals surface area contributed by atoms with Gasteiger partial charge in [-0.1, -0.05) is 0 Å². The molecular weight excluding hydrogens is 258 g/mol. The summed E-state index contributed by atoms with van der Waals surface area (Å²) in [5, 5.41) is 0.